The number of halogens is 1. The summed E-state index contributed by atoms with van der Waals surface area (Å²) < 4.78 is 13.4. The summed E-state index contributed by atoms with van der Waals surface area (Å²) >= 11 is 0. The predicted octanol–water partition coefficient (Wildman–Crippen LogP) is 4.84. The zero-order chi connectivity index (χ0) is 18.6. The first-order valence-electron chi connectivity index (χ1n) is 9.33. The van der Waals surface area contributed by atoms with E-state index < -0.39 is 0 Å². The summed E-state index contributed by atoms with van der Waals surface area (Å²) in [5.74, 6) is 0.602. The molecule has 3 nitrogen and oxygen atoms in total. The van der Waals surface area contributed by atoms with E-state index in [1.54, 1.807) is 12.1 Å². The van der Waals surface area contributed by atoms with Crippen molar-refractivity contribution >= 4 is 5.82 Å². The smallest absolute Gasteiger partial charge is 0.261 e. The Labute approximate surface area is 158 Å². The number of H-pyrrole nitrogens is 1. The molecule has 0 radical (unpaired) electrons. The second-order valence-corrected chi connectivity index (χ2v) is 6.85. The minimum atomic E-state index is -0.257. The van der Waals surface area contributed by atoms with E-state index in [9.17, 15) is 9.65 Å². The molecule has 2 heterocycles. The Bertz CT molecular complexity index is 969. The standard InChI is InChI=1S/C23H20FN3/c24-19-11-9-18(10-12-19)22-15-20(17-7-3-1-4-8-17)21(16-25)23(26-22)27-13-5-2-6-14-27/h1,3-4,7-12,15H,2,5-6,13-14H2/p+1. The van der Waals surface area contributed by atoms with Gasteiger partial charge in [0.05, 0.1) is 13.1 Å². The van der Waals surface area contributed by atoms with Crippen LogP contribution in [0.25, 0.3) is 22.4 Å². The van der Waals surface area contributed by atoms with Crippen LogP contribution in [0.1, 0.15) is 24.8 Å². The van der Waals surface area contributed by atoms with Gasteiger partial charge in [0.2, 0.25) is 0 Å². The van der Waals surface area contributed by atoms with E-state index in [0.29, 0.717) is 5.56 Å². The molecular formula is C23H21FN3+. The number of aromatic amines is 1. The van der Waals surface area contributed by atoms with Crippen LogP contribution in [0.15, 0.2) is 60.7 Å². The molecule has 1 aliphatic rings. The van der Waals surface area contributed by atoms with Gasteiger partial charge in [0.25, 0.3) is 5.82 Å². The first-order chi connectivity index (χ1) is 13.3. The topological polar surface area (TPSA) is 41.2 Å². The number of nitriles is 1. The number of aromatic nitrogens is 1. The Morgan fingerprint density at radius 1 is 0.889 bits per heavy atom. The molecule has 1 saturated heterocycles. The molecule has 0 unspecified atom stereocenters. The maximum Gasteiger partial charge on any atom is 0.293 e. The molecule has 1 aromatic heterocycles. The normalized spacial score (nSPS) is 14.0. The van der Waals surface area contributed by atoms with Crippen molar-refractivity contribution in [3.63, 3.8) is 0 Å². The van der Waals surface area contributed by atoms with E-state index in [1.165, 1.54) is 18.6 Å². The zero-order valence-electron chi connectivity index (χ0n) is 15.1. The van der Waals surface area contributed by atoms with Gasteiger partial charge in [0.1, 0.15) is 23.1 Å². The molecule has 4 rings (SSSR count). The van der Waals surface area contributed by atoms with Gasteiger partial charge in [-0.25, -0.2) is 9.37 Å². The Hall–Kier alpha value is -3.19. The van der Waals surface area contributed by atoms with Gasteiger partial charge in [0.15, 0.2) is 0 Å². The van der Waals surface area contributed by atoms with Crippen LogP contribution in [0.5, 0.6) is 0 Å². The van der Waals surface area contributed by atoms with Crippen molar-refractivity contribution in [2.45, 2.75) is 19.3 Å². The van der Waals surface area contributed by atoms with Gasteiger partial charge in [-0.2, -0.15) is 5.26 Å². The number of benzene rings is 2. The maximum absolute atomic E-state index is 13.4. The highest BCUT2D eigenvalue weighted by Gasteiger charge is 2.27. The average molecular weight is 358 g/mol. The Morgan fingerprint density at radius 3 is 2.26 bits per heavy atom. The van der Waals surface area contributed by atoms with Crippen molar-refractivity contribution in [3.8, 4) is 28.5 Å². The number of anilines is 1. The number of pyridine rings is 1. The molecule has 3 aromatic rings. The number of nitrogens with zero attached hydrogens (tertiary/aromatic N) is 2. The van der Waals surface area contributed by atoms with Crippen LogP contribution in [0.2, 0.25) is 0 Å². The largest absolute Gasteiger partial charge is 0.293 e. The summed E-state index contributed by atoms with van der Waals surface area (Å²) in [6.07, 6.45) is 3.47. The van der Waals surface area contributed by atoms with Gasteiger partial charge in [-0.15, -0.1) is 0 Å². The average Bonchev–Trinajstić information content (AvgIpc) is 2.74. The van der Waals surface area contributed by atoms with Gasteiger partial charge >= 0.3 is 0 Å². The van der Waals surface area contributed by atoms with Crippen molar-refractivity contribution in [1.29, 1.82) is 5.26 Å². The molecule has 4 heteroatoms. The number of piperidine rings is 1. The van der Waals surface area contributed by atoms with Gasteiger partial charge in [-0.05, 0) is 55.2 Å². The maximum atomic E-state index is 13.4. The molecule has 0 aliphatic carbocycles. The van der Waals surface area contributed by atoms with Gasteiger partial charge in [0, 0.05) is 11.1 Å². The third kappa shape index (κ3) is 3.54. The number of hydrogen-bond acceptors (Lipinski definition) is 2. The van der Waals surface area contributed by atoms with Crippen LogP contribution < -0.4 is 9.88 Å². The second kappa shape index (κ2) is 7.59. The predicted molar refractivity (Wildman–Crippen MR) is 105 cm³/mol. The van der Waals surface area contributed by atoms with Crippen molar-refractivity contribution in [1.82, 2.24) is 0 Å². The molecule has 134 valence electrons. The van der Waals surface area contributed by atoms with E-state index >= 15 is 0 Å². The van der Waals surface area contributed by atoms with Crippen molar-refractivity contribution in [2.24, 2.45) is 0 Å². The van der Waals surface area contributed by atoms with Crippen LogP contribution in [0.3, 0.4) is 0 Å². The lowest BCUT2D eigenvalue weighted by atomic mass is 9.97. The summed E-state index contributed by atoms with van der Waals surface area (Å²) in [4.78, 5) is 5.73. The molecule has 0 atom stereocenters. The number of nitrogens with one attached hydrogen (secondary N) is 1. The lowest BCUT2D eigenvalue weighted by molar-refractivity contribution is -0.351. The third-order valence-corrected chi connectivity index (χ3v) is 5.07. The van der Waals surface area contributed by atoms with Gasteiger partial charge < -0.3 is 0 Å². The van der Waals surface area contributed by atoms with Crippen LogP contribution >= 0.6 is 0 Å². The van der Waals surface area contributed by atoms with E-state index in [-0.39, 0.29) is 5.82 Å². The highest BCUT2D eigenvalue weighted by Crippen LogP contribution is 2.32. The molecule has 1 aliphatic heterocycles. The fraction of sp³-hybridized carbons (Fsp3) is 0.217. The SMILES string of the molecule is N#Cc1c(-c2ccccc2)cc(-c2ccc(F)cc2)[nH+]c1N1CCCCC1. The molecule has 0 amide bonds. The van der Waals surface area contributed by atoms with Crippen molar-refractivity contribution in [3.05, 3.63) is 72.0 Å². The molecule has 2 aromatic carbocycles. The zero-order valence-corrected chi connectivity index (χ0v) is 15.1. The van der Waals surface area contributed by atoms with Gasteiger partial charge in [-0.3, -0.25) is 4.90 Å². The van der Waals surface area contributed by atoms with E-state index in [0.717, 1.165) is 54.1 Å². The van der Waals surface area contributed by atoms with Crippen molar-refractivity contribution in [2.75, 3.05) is 18.0 Å². The first kappa shape index (κ1) is 17.2. The van der Waals surface area contributed by atoms with E-state index in [1.807, 2.05) is 36.4 Å². The lowest BCUT2D eigenvalue weighted by Crippen LogP contribution is -2.35. The molecule has 0 saturated carbocycles. The fourth-order valence-electron chi connectivity index (χ4n) is 3.67. The minimum absolute atomic E-state index is 0.257. The molecule has 0 bridgehead atoms. The number of hydrogen-bond donors (Lipinski definition) is 0. The molecular weight excluding hydrogens is 337 g/mol. The molecule has 0 spiro atoms. The summed E-state index contributed by atoms with van der Waals surface area (Å²) in [6.45, 7) is 1.87. The first-order valence-corrected chi connectivity index (χ1v) is 9.33. The fourth-order valence-corrected chi connectivity index (χ4v) is 3.67. The van der Waals surface area contributed by atoms with Crippen LogP contribution in [0, 0.1) is 17.1 Å². The summed E-state index contributed by atoms with van der Waals surface area (Å²) in [7, 11) is 0. The Kier molecular flexibility index (Phi) is 4.84. The van der Waals surface area contributed by atoms with E-state index in [2.05, 4.69) is 16.0 Å². The van der Waals surface area contributed by atoms with Gasteiger partial charge in [-0.1, -0.05) is 30.3 Å². The third-order valence-electron chi connectivity index (χ3n) is 5.07. The molecule has 1 N–H and O–H groups in total. The van der Waals surface area contributed by atoms with E-state index in [4.69, 9.17) is 0 Å². The highest BCUT2D eigenvalue weighted by atomic mass is 19.1. The second-order valence-electron chi connectivity index (χ2n) is 6.85. The minimum Gasteiger partial charge on any atom is -0.261 e. The Balaban J connectivity index is 1.92. The molecule has 1 fully saturated rings. The molecule has 27 heavy (non-hydrogen) atoms. The summed E-state index contributed by atoms with van der Waals surface area (Å²) in [5.41, 5.74) is 4.35. The van der Waals surface area contributed by atoms with Crippen molar-refractivity contribution < 1.29 is 9.37 Å². The van der Waals surface area contributed by atoms with Crippen LogP contribution in [-0.4, -0.2) is 13.1 Å². The monoisotopic (exact) mass is 358 g/mol. The van der Waals surface area contributed by atoms with Crippen LogP contribution in [-0.2, 0) is 0 Å². The quantitative estimate of drug-likeness (QED) is 0.672. The van der Waals surface area contributed by atoms with Crippen LogP contribution in [0.4, 0.5) is 10.2 Å². The highest BCUT2D eigenvalue weighted by molar-refractivity contribution is 5.78. The number of rotatable bonds is 3. The Morgan fingerprint density at radius 2 is 1.59 bits per heavy atom. The summed E-state index contributed by atoms with van der Waals surface area (Å²) in [6, 6.07) is 20.8. The lowest BCUT2D eigenvalue weighted by Gasteiger charge is -2.23. The summed E-state index contributed by atoms with van der Waals surface area (Å²) in [5, 5.41) is 9.94.